The van der Waals surface area contributed by atoms with Gasteiger partial charge in [-0.15, -0.1) is 0 Å². The summed E-state index contributed by atoms with van der Waals surface area (Å²) in [6.07, 6.45) is -5.64. The van der Waals surface area contributed by atoms with Crippen LogP contribution < -0.4 is 5.56 Å². The zero-order valence-electron chi connectivity index (χ0n) is 9.16. The lowest BCUT2D eigenvalue weighted by atomic mass is 10.1. The summed E-state index contributed by atoms with van der Waals surface area (Å²) >= 11 is 0. The van der Waals surface area contributed by atoms with Crippen molar-refractivity contribution < 1.29 is 13.2 Å². The Balaban J connectivity index is 2.42. The van der Waals surface area contributed by atoms with Gasteiger partial charge in [0.25, 0.3) is 5.56 Å². The molecule has 6 heteroatoms. The monoisotopic (exact) mass is 254 g/mol. The molecule has 18 heavy (non-hydrogen) atoms. The molecule has 0 aliphatic heterocycles. The van der Waals surface area contributed by atoms with Crippen molar-refractivity contribution in [3.8, 4) is 11.3 Å². The summed E-state index contributed by atoms with van der Waals surface area (Å²) in [5.41, 5.74) is 0.244. The van der Waals surface area contributed by atoms with Gasteiger partial charge in [-0.2, -0.15) is 13.2 Å². The summed E-state index contributed by atoms with van der Waals surface area (Å²) in [5.74, 6) is -0.381. The van der Waals surface area contributed by atoms with E-state index in [1.54, 1.807) is 30.3 Å². The molecule has 0 saturated heterocycles. The molecule has 2 rings (SSSR count). The van der Waals surface area contributed by atoms with Crippen molar-refractivity contribution in [2.24, 2.45) is 0 Å². The number of H-pyrrole nitrogens is 1. The van der Waals surface area contributed by atoms with Gasteiger partial charge < -0.3 is 4.98 Å². The highest BCUT2D eigenvalue weighted by molar-refractivity contribution is 5.58. The number of halogens is 3. The Kier molecular flexibility index (Phi) is 3.18. The molecule has 1 heterocycles. The molecule has 0 fully saturated rings. The van der Waals surface area contributed by atoms with E-state index in [2.05, 4.69) is 9.97 Å². The second-order valence-corrected chi connectivity index (χ2v) is 3.74. The van der Waals surface area contributed by atoms with Gasteiger partial charge in [-0.05, 0) is 0 Å². The number of aromatic nitrogens is 2. The molecular weight excluding hydrogens is 245 g/mol. The molecule has 1 aromatic heterocycles. The Labute approximate surface area is 100 Å². The van der Waals surface area contributed by atoms with E-state index in [9.17, 15) is 18.0 Å². The Morgan fingerprint density at radius 2 is 1.83 bits per heavy atom. The van der Waals surface area contributed by atoms with Crippen LogP contribution in [0.2, 0.25) is 0 Å². The summed E-state index contributed by atoms with van der Waals surface area (Å²) in [7, 11) is 0. The first kappa shape index (κ1) is 12.3. The summed E-state index contributed by atoms with van der Waals surface area (Å²) in [5, 5.41) is 0. The molecule has 0 bridgehead atoms. The van der Waals surface area contributed by atoms with E-state index >= 15 is 0 Å². The van der Waals surface area contributed by atoms with Crippen molar-refractivity contribution in [3.05, 3.63) is 52.6 Å². The second kappa shape index (κ2) is 4.64. The Morgan fingerprint density at radius 3 is 2.44 bits per heavy atom. The predicted octanol–water partition coefficient (Wildman–Crippen LogP) is 2.54. The molecule has 1 N–H and O–H groups in total. The van der Waals surface area contributed by atoms with Gasteiger partial charge in [-0.3, -0.25) is 4.79 Å². The van der Waals surface area contributed by atoms with Crippen LogP contribution in [0.5, 0.6) is 0 Å². The van der Waals surface area contributed by atoms with Crippen molar-refractivity contribution in [2.75, 3.05) is 0 Å². The van der Waals surface area contributed by atoms with Crippen LogP contribution in [0.4, 0.5) is 13.2 Å². The van der Waals surface area contributed by atoms with Crippen LogP contribution in [-0.4, -0.2) is 16.1 Å². The minimum absolute atomic E-state index is 0.235. The number of nitrogens with one attached hydrogen (secondary N) is 1. The lowest BCUT2D eigenvalue weighted by Crippen LogP contribution is -2.18. The van der Waals surface area contributed by atoms with Gasteiger partial charge in [0.1, 0.15) is 12.2 Å². The fourth-order valence-corrected chi connectivity index (χ4v) is 1.54. The molecule has 2 aromatic rings. The van der Waals surface area contributed by atoms with Crippen LogP contribution in [0.1, 0.15) is 5.82 Å². The molecule has 1 aromatic carbocycles. The lowest BCUT2D eigenvalue weighted by molar-refractivity contribution is -0.128. The van der Waals surface area contributed by atoms with E-state index in [0.29, 0.717) is 5.56 Å². The molecular formula is C12H9F3N2O. The quantitative estimate of drug-likeness (QED) is 0.895. The number of hydrogen-bond acceptors (Lipinski definition) is 2. The van der Waals surface area contributed by atoms with Gasteiger partial charge in [-0.1, -0.05) is 30.3 Å². The van der Waals surface area contributed by atoms with E-state index in [4.69, 9.17) is 0 Å². The molecule has 3 nitrogen and oxygen atoms in total. The third-order valence-corrected chi connectivity index (χ3v) is 2.23. The average Bonchev–Trinajstić information content (AvgIpc) is 2.27. The van der Waals surface area contributed by atoms with Gasteiger partial charge in [0.15, 0.2) is 0 Å². The van der Waals surface area contributed by atoms with E-state index in [0.717, 1.165) is 0 Å². The average molecular weight is 254 g/mol. The normalized spacial score (nSPS) is 11.5. The maximum absolute atomic E-state index is 12.2. The topological polar surface area (TPSA) is 45.8 Å². The molecule has 0 unspecified atom stereocenters. The molecule has 0 radical (unpaired) electrons. The van der Waals surface area contributed by atoms with Gasteiger partial charge >= 0.3 is 6.18 Å². The first-order chi connectivity index (χ1) is 8.44. The minimum Gasteiger partial charge on any atom is -0.310 e. The minimum atomic E-state index is -4.40. The van der Waals surface area contributed by atoms with Crippen LogP contribution >= 0.6 is 0 Å². The zero-order chi connectivity index (χ0) is 13.2. The highest BCUT2D eigenvalue weighted by atomic mass is 19.4. The predicted molar refractivity (Wildman–Crippen MR) is 60.1 cm³/mol. The summed E-state index contributed by atoms with van der Waals surface area (Å²) in [6, 6.07) is 9.75. The number of nitrogens with zero attached hydrogens (tertiary/aromatic N) is 1. The second-order valence-electron chi connectivity index (χ2n) is 3.74. The third kappa shape index (κ3) is 3.19. The SMILES string of the molecule is O=c1cc(-c2ccccc2)nc(CC(F)(F)F)[nH]1. The Bertz CT molecular complexity index is 590. The number of benzene rings is 1. The number of aromatic amines is 1. The Hall–Kier alpha value is -2.11. The smallest absolute Gasteiger partial charge is 0.310 e. The van der Waals surface area contributed by atoms with E-state index in [-0.39, 0.29) is 11.5 Å². The summed E-state index contributed by atoms with van der Waals surface area (Å²) in [4.78, 5) is 17.2. The van der Waals surface area contributed by atoms with Crippen LogP contribution in [0.15, 0.2) is 41.2 Å². The van der Waals surface area contributed by atoms with E-state index < -0.39 is 18.2 Å². The fourth-order valence-electron chi connectivity index (χ4n) is 1.54. The van der Waals surface area contributed by atoms with Crippen LogP contribution in [0, 0.1) is 0 Å². The van der Waals surface area contributed by atoms with E-state index in [1.165, 1.54) is 6.07 Å². The maximum Gasteiger partial charge on any atom is 0.396 e. The first-order valence-electron chi connectivity index (χ1n) is 5.16. The molecule has 0 atom stereocenters. The van der Waals surface area contributed by atoms with Crippen molar-refractivity contribution >= 4 is 0 Å². The van der Waals surface area contributed by atoms with Crippen molar-refractivity contribution in [1.29, 1.82) is 0 Å². The molecule has 0 spiro atoms. The molecule has 0 aliphatic carbocycles. The summed E-state index contributed by atoms with van der Waals surface area (Å²) < 4.78 is 36.7. The van der Waals surface area contributed by atoms with Crippen LogP contribution in [0.25, 0.3) is 11.3 Å². The number of alkyl halides is 3. The highest BCUT2D eigenvalue weighted by Crippen LogP contribution is 2.20. The molecule has 0 amide bonds. The van der Waals surface area contributed by atoms with Gasteiger partial charge in [0.05, 0.1) is 5.69 Å². The lowest BCUT2D eigenvalue weighted by Gasteiger charge is -2.07. The maximum atomic E-state index is 12.2. The third-order valence-electron chi connectivity index (χ3n) is 2.23. The Morgan fingerprint density at radius 1 is 1.17 bits per heavy atom. The van der Waals surface area contributed by atoms with Gasteiger partial charge in [0, 0.05) is 11.6 Å². The van der Waals surface area contributed by atoms with Crippen molar-refractivity contribution in [2.45, 2.75) is 12.6 Å². The van der Waals surface area contributed by atoms with Gasteiger partial charge in [-0.25, -0.2) is 4.98 Å². The van der Waals surface area contributed by atoms with Crippen molar-refractivity contribution in [1.82, 2.24) is 9.97 Å². The van der Waals surface area contributed by atoms with Crippen LogP contribution in [0.3, 0.4) is 0 Å². The highest BCUT2D eigenvalue weighted by Gasteiger charge is 2.29. The molecule has 94 valence electrons. The zero-order valence-corrected chi connectivity index (χ0v) is 9.16. The number of rotatable bonds is 2. The summed E-state index contributed by atoms with van der Waals surface area (Å²) in [6.45, 7) is 0. The number of hydrogen-bond donors (Lipinski definition) is 1. The largest absolute Gasteiger partial charge is 0.396 e. The first-order valence-corrected chi connectivity index (χ1v) is 5.16. The van der Waals surface area contributed by atoms with Crippen LogP contribution in [-0.2, 0) is 6.42 Å². The van der Waals surface area contributed by atoms with Gasteiger partial charge in [0.2, 0.25) is 0 Å². The fraction of sp³-hybridized carbons (Fsp3) is 0.167. The van der Waals surface area contributed by atoms with E-state index in [1.807, 2.05) is 0 Å². The molecule has 0 saturated carbocycles. The molecule has 0 aliphatic rings. The van der Waals surface area contributed by atoms with Crippen molar-refractivity contribution in [3.63, 3.8) is 0 Å². The standard InChI is InChI=1S/C12H9F3N2O/c13-12(14,15)7-10-16-9(6-11(18)17-10)8-4-2-1-3-5-8/h1-6H,7H2,(H,16,17,18).